The highest BCUT2D eigenvalue weighted by Crippen LogP contribution is 2.28. The lowest BCUT2D eigenvalue weighted by molar-refractivity contribution is 0.471. The highest BCUT2D eigenvalue weighted by atomic mass is 35.5. The molecule has 4 nitrogen and oxygen atoms in total. The van der Waals surface area contributed by atoms with Crippen LogP contribution in [0, 0.1) is 13.8 Å². The normalized spacial score (nSPS) is 11.4. The molecular formula is C14H13Cl2NO3S. The number of hydrogen-bond acceptors (Lipinski definition) is 3. The van der Waals surface area contributed by atoms with Crippen LogP contribution in [0.2, 0.25) is 10.0 Å². The highest BCUT2D eigenvalue weighted by Gasteiger charge is 2.17. The van der Waals surface area contributed by atoms with Crippen LogP contribution in [0.3, 0.4) is 0 Å². The second-order valence-corrected chi connectivity index (χ2v) is 7.22. The Labute approximate surface area is 133 Å². The number of nitrogens with one attached hydrogen (secondary N) is 1. The molecule has 21 heavy (non-hydrogen) atoms. The van der Waals surface area contributed by atoms with Crippen molar-refractivity contribution in [3.8, 4) is 5.75 Å². The van der Waals surface area contributed by atoms with Gasteiger partial charge in [0.05, 0.1) is 10.6 Å². The largest absolute Gasteiger partial charge is 0.508 e. The highest BCUT2D eigenvalue weighted by molar-refractivity contribution is 7.92. The summed E-state index contributed by atoms with van der Waals surface area (Å²) in [7, 11) is -3.81. The van der Waals surface area contributed by atoms with Crippen molar-refractivity contribution in [1.29, 1.82) is 0 Å². The van der Waals surface area contributed by atoms with Crippen LogP contribution in [0.15, 0.2) is 35.2 Å². The Kier molecular flexibility index (Phi) is 4.37. The van der Waals surface area contributed by atoms with Crippen LogP contribution in [-0.2, 0) is 10.0 Å². The molecule has 2 aromatic rings. The summed E-state index contributed by atoms with van der Waals surface area (Å²) in [6.45, 7) is 3.38. The van der Waals surface area contributed by atoms with Gasteiger partial charge in [-0.15, -0.1) is 0 Å². The summed E-state index contributed by atoms with van der Waals surface area (Å²) < 4.78 is 27.2. The maximum absolute atomic E-state index is 12.4. The minimum absolute atomic E-state index is 0.0230. The number of anilines is 1. The Morgan fingerprint density at radius 2 is 1.52 bits per heavy atom. The second-order valence-electron chi connectivity index (χ2n) is 4.66. The Hall–Kier alpha value is -1.43. The molecule has 0 atom stereocenters. The molecule has 0 heterocycles. The molecule has 2 rings (SSSR count). The maximum Gasteiger partial charge on any atom is 0.262 e. The van der Waals surface area contributed by atoms with E-state index < -0.39 is 10.0 Å². The number of phenolic OH excluding ortho intramolecular Hbond substituents is 1. The first-order chi connectivity index (χ1) is 9.69. The molecule has 7 heteroatoms. The van der Waals surface area contributed by atoms with Crippen molar-refractivity contribution in [2.45, 2.75) is 18.7 Å². The summed E-state index contributed by atoms with van der Waals surface area (Å²) in [6.07, 6.45) is 0. The standard InChI is InChI=1S/C14H13Cl2NO3S/c1-8-4-14(18)9(2)3-13(8)17-21(19,20)12-6-10(15)5-11(16)7-12/h3-7,17-18H,1-2H3. The maximum atomic E-state index is 12.4. The number of hydrogen-bond donors (Lipinski definition) is 2. The molecule has 0 aliphatic rings. The fourth-order valence-electron chi connectivity index (χ4n) is 1.80. The average molecular weight is 346 g/mol. The average Bonchev–Trinajstić information content (AvgIpc) is 2.34. The lowest BCUT2D eigenvalue weighted by atomic mass is 10.1. The zero-order chi connectivity index (χ0) is 15.8. The molecule has 0 unspecified atom stereocenters. The third kappa shape index (κ3) is 3.61. The predicted molar refractivity (Wildman–Crippen MR) is 84.9 cm³/mol. The molecule has 0 amide bonds. The van der Waals surface area contributed by atoms with Gasteiger partial charge < -0.3 is 5.11 Å². The molecule has 0 spiro atoms. The van der Waals surface area contributed by atoms with Crippen molar-refractivity contribution < 1.29 is 13.5 Å². The first kappa shape index (κ1) is 15.9. The predicted octanol–water partition coefficient (Wildman–Crippen LogP) is 4.12. The van der Waals surface area contributed by atoms with Gasteiger partial charge in [-0.05, 0) is 55.3 Å². The Balaban J connectivity index is 2.44. The van der Waals surface area contributed by atoms with Crippen molar-refractivity contribution in [2.75, 3.05) is 4.72 Å². The van der Waals surface area contributed by atoms with Crippen LogP contribution in [0.1, 0.15) is 11.1 Å². The van der Waals surface area contributed by atoms with Gasteiger partial charge in [-0.3, -0.25) is 4.72 Å². The summed E-state index contributed by atoms with van der Waals surface area (Å²) in [4.78, 5) is -0.0230. The van der Waals surface area contributed by atoms with E-state index in [2.05, 4.69) is 4.72 Å². The van der Waals surface area contributed by atoms with Gasteiger partial charge in [0.15, 0.2) is 0 Å². The van der Waals surface area contributed by atoms with Gasteiger partial charge in [0.2, 0.25) is 0 Å². The third-order valence-electron chi connectivity index (χ3n) is 2.93. The van der Waals surface area contributed by atoms with Gasteiger partial charge in [-0.1, -0.05) is 23.2 Å². The monoisotopic (exact) mass is 345 g/mol. The summed E-state index contributed by atoms with van der Waals surface area (Å²) in [6, 6.07) is 7.15. The van der Waals surface area contributed by atoms with Gasteiger partial charge in [0.1, 0.15) is 5.75 Å². The lowest BCUT2D eigenvalue weighted by Crippen LogP contribution is -2.14. The van der Waals surface area contributed by atoms with Crippen molar-refractivity contribution in [3.05, 3.63) is 51.5 Å². The van der Waals surface area contributed by atoms with E-state index in [-0.39, 0.29) is 20.7 Å². The van der Waals surface area contributed by atoms with Crippen LogP contribution in [-0.4, -0.2) is 13.5 Å². The molecule has 0 saturated carbocycles. The first-order valence-electron chi connectivity index (χ1n) is 5.98. The third-order valence-corrected chi connectivity index (χ3v) is 4.72. The molecule has 0 bridgehead atoms. The smallest absolute Gasteiger partial charge is 0.262 e. The number of rotatable bonds is 3. The molecule has 0 radical (unpaired) electrons. The molecule has 112 valence electrons. The SMILES string of the molecule is Cc1cc(NS(=O)(=O)c2cc(Cl)cc(Cl)c2)c(C)cc1O. The van der Waals surface area contributed by atoms with Crippen molar-refractivity contribution in [2.24, 2.45) is 0 Å². The zero-order valence-corrected chi connectivity index (χ0v) is 13.6. The van der Waals surface area contributed by atoms with Crippen LogP contribution in [0.5, 0.6) is 5.75 Å². The van der Waals surface area contributed by atoms with E-state index in [9.17, 15) is 13.5 Å². The van der Waals surface area contributed by atoms with E-state index in [0.29, 0.717) is 16.8 Å². The van der Waals surface area contributed by atoms with Crippen molar-refractivity contribution in [3.63, 3.8) is 0 Å². The molecular weight excluding hydrogens is 333 g/mol. The number of aryl methyl sites for hydroxylation is 2. The number of phenols is 1. The van der Waals surface area contributed by atoms with Crippen molar-refractivity contribution >= 4 is 38.9 Å². The fourth-order valence-corrected chi connectivity index (χ4v) is 3.65. The van der Waals surface area contributed by atoms with Crippen molar-refractivity contribution in [1.82, 2.24) is 0 Å². The van der Waals surface area contributed by atoms with E-state index >= 15 is 0 Å². The van der Waals surface area contributed by atoms with E-state index in [0.717, 1.165) is 0 Å². The van der Waals surface area contributed by atoms with E-state index in [1.807, 2.05) is 0 Å². The van der Waals surface area contributed by atoms with Gasteiger partial charge in [0.25, 0.3) is 10.0 Å². The summed E-state index contributed by atoms with van der Waals surface area (Å²) in [5.41, 5.74) is 1.57. The molecule has 0 aromatic heterocycles. The molecule has 0 saturated heterocycles. The molecule has 0 aliphatic heterocycles. The van der Waals surface area contributed by atoms with Gasteiger partial charge in [0, 0.05) is 10.0 Å². The molecule has 0 aliphatic carbocycles. The first-order valence-corrected chi connectivity index (χ1v) is 8.22. The number of aromatic hydroxyl groups is 1. The number of benzene rings is 2. The van der Waals surface area contributed by atoms with Crippen LogP contribution in [0.4, 0.5) is 5.69 Å². The van der Waals surface area contributed by atoms with Gasteiger partial charge >= 0.3 is 0 Å². The Morgan fingerprint density at radius 3 is 2.10 bits per heavy atom. The summed E-state index contributed by atoms with van der Waals surface area (Å²) >= 11 is 11.7. The topological polar surface area (TPSA) is 66.4 Å². The van der Waals surface area contributed by atoms with E-state index in [1.165, 1.54) is 24.3 Å². The zero-order valence-electron chi connectivity index (χ0n) is 11.3. The van der Waals surface area contributed by atoms with Crippen LogP contribution < -0.4 is 4.72 Å². The summed E-state index contributed by atoms with van der Waals surface area (Å²) in [5, 5.41) is 10.1. The molecule has 0 fully saturated rings. The van der Waals surface area contributed by atoms with Gasteiger partial charge in [-0.25, -0.2) is 8.42 Å². The fraction of sp³-hybridized carbons (Fsp3) is 0.143. The Bertz CT molecular complexity index is 784. The van der Waals surface area contributed by atoms with Crippen LogP contribution >= 0.6 is 23.2 Å². The van der Waals surface area contributed by atoms with Crippen LogP contribution in [0.25, 0.3) is 0 Å². The van der Waals surface area contributed by atoms with Gasteiger partial charge in [-0.2, -0.15) is 0 Å². The summed E-state index contributed by atoms with van der Waals surface area (Å²) in [5.74, 6) is 0.112. The number of halogens is 2. The quantitative estimate of drug-likeness (QED) is 0.822. The molecule has 2 N–H and O–H groups in total. The van der Waals surface area contributed by atoms with E-state index in [4.69, 9.17) is 23.2 Å². The van der Waals surface area contributed by atoms with E-state index in [1.54, 1.807) is 19.9 Å². The minimum atomic E-state index is -3.81. The molecule has 2 aromatic carbocycles. The number of sulfonamides is 1. The lowest BCUT2D eigenvalue weighted by Gasteiger charge is -2.13. The second kappa shape index (κ2) is 5.75. The Morgan fingerprint density at radius 1 is 0.952 bits per heavy atom. The minimum Gasteiger partial charge on any atom is -0.508 e.